The molecular formula is C33H26N2O2. The van der Waals surface area contributed by atoms with Crippen molar-refractivity contribution >= 4 is 39.0 Å². The standard InChI is InChI=1S/C33H26N2O2/c36-33(24-10-2-1-3-11-24)29-16-5-7-19-31(29)34-25-13-9-14-26(22-25)37-21-20-23-12-8-17-28-27-15-4-6-18-30(27)35-32(23)28/h1-19,22,34-35H,20-21H2. The van der Waals surface area contributed by atoms with Crippen LogP contribution in [0.3, 0.4) is 0 Å². The maximum absolute atomic E-state index is 13.1. The van der Waals surface area contributed by atoms with Crippen molar-refractivity contribution in [1.82, 2.24) is 4.98 Å². The second-order valence-corrected chi connectivity index (χ2v) is 9.00. The summed E-state index contributed by atoms with van der Waals surface area (Å²) >= 11 is 0. The van der Waals surface area contributed by atoms with Crippen LogP contribution in [0.5, 0.6) is 5.75 Å². The van der Waals surface area contributed by atoms with E-state index in [-0.39, 0.29) is 5.78 Å². The summed E-state index contributed by atoms with van der Waals surface area (Å²) in [4.78, 5) is 16.6. The van der Waals surface area contributed by atoms with Gasteiger partial charge in [-0.2, -0.15) is 0 Å². The third kappa shape index (κ3) is 4.69. The molecule has 0 unspecified atom stereocenters. The summed E-state index contributed by atoms with van der Waals surface area (Å²) in [5.41, 5.74) is 6.47. The number of nitrogens with one attached hydrogen (secondary N) is 2. The molecule has 4 heteroatoms. The number of para-hydroxylation sites is 3. The van der Waals surface area contributed by atoms with Crippen LogP contribution in [0.25, 0.3) is 21.8 Å². The molecule has 0 saturated heterocycles. The number of ether oxygens (including phenoxy) is 1. The van der Waals surface area contributed by atoms with Crippen LogP contribution in [0.4, 0.5) is 11.4 Å². The average molecular weight is 483 g/mol. The lowest BCUT2D eigenvalue weighted by Crippen LogP contribution is -2.05. The molecule has 0 saturated carbocycles. The van der Waals surface area contributed by atoms with Crippen molar-refractivity contribution in [1.29, 1.82) is 0 Å². The SMILES string of the molecule is O=C(c1ccccc1)c1ccccc1Nc1cccc(OCCc2cccc3c2[nH]c2ccccc23)c1. The Hall–Kier alpha value is -4.83. The van der Waals surface area contributed by atoms with Crippen LogP contribution in [-0.4, -0.2) is 17.4 Å². The first kappa shape index (κ1) is 22.6. The number of H-pyrrole nitrogens is 1. The molecule has 4 nitrogen and oxygen atoms in total. The molecule has 0 bridgehead atoms. The number of aromatic amines is 1. The minimum Gasteiger partial charge on any atom is -0.493 e. The molecular weight excluding hydrogens is 456 g/mol. The van der Waals surface area contributed by atoms with E-state index in [1.807, 2.05) is 78.9 Å². The lowest BCUT2D eigenvalue weighted by atomic mass is 10.0. The lowest BCUT2D eigenvalue weighted by Gasteiger charge is -2.13. The smallest absolute Gasteiger partial charge is 0.195 e. The second-order valence-electron chi connectivity index (χ2n) is 9.00. The van der Waals surface area contributed by atoms with E-state index in [4.69, 9.17) is 4.74 Å². The number of hydrogen-bond acceptors (Lipinski definition) is 3. The molecule has 6 aromatic rings. The van der Waals surface area contributed by atoms with Gasteiger partial charge in [0, 0.05) is 56.8 Å². The highest BCUT2D eigenvalue weighted by Gasteiger charge is 2.13. The molecule has 0 amide bonds. The van der Waals surface area contributed by atoms with E-state index in [2.05, 4.69) is 52.8 Å². The van der Waals surface area contributed by atoms with E-state index >= 15 is 0 Å². The number of anilines is 2. The zero-order chi connectivity index (χ0) is 25.0. The van der Waals surface area contributed by atoms with E-state index in [1.165, 1.54) is 21.9 Å². The molecule has 6 rings (SSSR count). The van der Waals surface area contributed by atoms with Crippen LogP contribution in [0.1, 0.15) is 21.5 Å². The van der Waals surface area contributed by atoms with Gasteiger partial charge in [0.25, 0.3) is 0 Å². The van der Waals surface area contributed by atoms with Crippen LogP contribution in [0.2, 0.25) is 0 Å². The molecule has 0 atom stereocenters. The maximum Gasteiger partial charge on any atom is 0.195 e. The van der Waals surface area contributed by atoms with Gasteiger partial charge in [0.05, 0.1) is 6.61 Å². The zero-order valence-electron chi connectivity index (χ0n) is 20.3. The van der Waals surface area contributed by atoms with Crippen molar-refractivity contribution in [2.45, 2.75) is 6.42 Å². The van der Waals surface area contributed by atoms with Crippen molar-refractivity contribution < 1.29 is 9.53 Å². The fourth-order valence-corrected chi connectivity index (χ4v) is 4.78. The van der Waals surface area contributed by atoms with Crippen LogP contribution in [-0.2, 0) is 6.42 Å². The van der Waals surface area contributed by atoms with Gasteiger partial charge in [0.1, 0.15) is 5.75 Å². The van der Waals surface area contributed by atoms with Crippen molar-refractivity contribution in [2.75, 3.05) is 11.9 Å². The first-order valence-electron chi connectivity index (χ1n) is 12.4. The van der Waals surface area contributed by atoms with E-state index in [9.17, 15) is 4.79 Å². The van der Waals surface area contributed by atoms with E-state index in [0.29, 0.717) is 17.7 Å². The van der Waals surface area contributed by atoms with Gasteiger partial charge >= 0.3 is 0 Å². The molecule has 180 valence electrons. The highest BCUT2D eigenvalue weighted by atomic mass is 16.5. The summed E-state index contributed by atoms with van der Waals surface area (Å²) in [5, 5.41) is 5.88. The highest BCUT2D eigenvalue weighted by Crippen LogP contribution is 2.29. The molecule has 1 heterocycles. The number of benzene rings is 5. The quantitative estimate of drug-likeness (QED) is 0.217. The molecule has 0 aliphatic rings. The van der Waals surface area contributed by atoms with Gasteiger partial charge in [0.15, 0.2) is 5.78 Å². The summed E-state index contributed by atoms with van der Waals surface area (Å²) in [5.74, 6) is 0.767. The van der Waals surface area contributed by atoms with E-state index in [1.54, 1.807) is 0 Å². The molecule has 0 fully saturated rings. The van der Waals surface area contributed by atoms with Crippen LogP contribution < -0.4 is 10.1 Å². The van der Waals surface area contributed by atoms with Gasteiger partial charge in [0.2, 0.25) is 0 Å². The molecule has 5 aromatic carbocycles. The Morgan fingerprint density at radius 1 is 0.730 bits per heavy atom. The van der Waals surface area contributed by atoms with Gasteiger partial charge in [-0.25, -0.2) is 0 Å². The molecule has 0 aliphatic carbocycles. The van der Waals surface area contributed by atoms with Crippen LogP contribution >= 0.6 is 0 Å². The molecule has 0 aliphatic heterocycles. The summed E-state index contributed by atoms with van der Waals surface area (Å²) in [6, 6.07) is 39.6. The van der Waals surface area contributed by atoms with Crippen molar-refractivity contribution in [2.24, 2.45) is 0 Å². The third-order valence-electron chi connectivity index (χ3n) is 6.59. The Morgan fingerprint density at radius 3 is 2.41 bits per heavy atom. The Morgan fingerprint density at radius 2 is 1.49 bits per heavy atom. The Balaban J connectivity index is 1.17. The van der Waals surface area contributed by atoms with Gasteiger partial charge in [-0.1, -0.05) is 84.9 Å². The Kier molecular flexibility index (Phi) is 6.14. The fraction of sp³-hybridized carbons (Fsp3) is 0.0606. The summed E-state index contributed by atoms with van der Waals surface area (Å²) in [6.07, 6.45) is 0.788. The molecule has 0 radical (unpaired) electrons. The molecule has 2 N–H and O–H groups in total. The van der Waals surface area contributed by atoms with Gasteiger partial charge in [-0.15, -0.1) is 0 Å². The lowest BCUT2D eigenvalue weighted by molar-refractivity contribution is 0.103. The Labute approximate surface area is 215 Å². The largest absolute Gasteiger partial charge is 0.493 e. The summed E-state index contributed by atoms with van der Waals surface area (Å²) in [7, 11) is 0. The number of rotatable bonds is 8. The normalized spacial score (nSPS) is 11.0. The number of hydrogen-bond donors (Lipinski definition) is 2. The molecule has 1 aromatic heterocycles. The minimum atomic E-state index is -0.0118. The third-order valence-corrected chi connectivity index (χ3v) is 6.59. The van der Waals surface area contributed by atoms with Crippen LogP contribution in [0.15, 0.2) is 121 Å². The van der Waals surface area contributed by atoms with E-state index < -0.39 is 0 Å². The monoisotopic (exact) mass is 482 g/mol. The number of carbonyl (C=O) groups excluding carboxylic acids is 1. The van der Waals surface area contributed by atoms with Crippen LogP contribution in [0, 0.1) is 0 Å². The fourth-order valence-electron chi connectivity index (χ4n) is 4.78. The zero-order valence-corrected chi connectivity index (χ0v) is 20.3. The second kappa shape index (κ2) is 10.0. The Bertz CT molecular complexity index is 1700. The molecule has 37 heavy (non-hydrogen) atoms. The predicted molar refractivity (Wildman–Crippen MR) is 151 cm³/mol. The first-order chi connectivity index (χ1) is 18.3. The summed E-state index contributed by atoms with van der Waals surface area (Å²) < 4.78 is 6.14. The number of aromatic nitrogens is 1. The topological polar surface area (TPSA) is 54.1 Å². The highest BCUT2D eigenvalue weighted by molar-refractivity contribution is 6.12. The number of ketones is 1. The predicted octanol–water partition coefficient (Wildman–Crippen LogP) is 7.92. The van der Waals surface area contributed by atoms with Crippen molar-refractivity contribution in [3.63, 3.8) is 0 Å². The summed E-state index contributed by atoms with van der Waals surface area (Å²) in [6.45, 7) is 0.557. The number of fused-ring (bicyclic) bond motifs is 3. The van der Waals surface area contributed by atoms with Gasteiger partial charge in [-0.05, 0) is 35.9 Å². The van der Waals surface area contributed by atoms with Crippen molar-refractivity contribution in [3.8, 4) is 5.75 Å². The van der Waals surface area contributed by atoms with Crippen molar-refractivity contribution in [3.05, 3.63) is 138 Å². The maximum atomic E-state index is 13.1. The molecule has 0 spiro atoms. The minimum absolute atomic E-state index is 0.0118. The van der Waals surface area contributed by atoms with Gasteiger partial charge in [-0.3, -0.25) is 4.79 Å². The average Bonchev–Trinajstić information content (AvgIpc) is 3.33. The van der Waals surface area contributed by atoms with Gasteiger partial charge < -0.3 is 15.0 Å². The number of carbonyl (C=O) groups is 1. The van der Waals surface area contributed by atoms with E-state index in [0.717, 1.165) is 29.1 Å². The first-order valence-corrected chi connectivity index (χ1v) is 12.4.